The van der Waals surface area contributed by atoms with Gasteiger partial charge in [-0.05, 0) is 0 Å². The second kappa shape index (κ2) is 3.99. The van der Waals surface area contributed by atoms with Crippen LogP contribution >= 0.6 is 23.2 Å². The Balaban J connectivity index is 2.89. The van der Waals surface area contributed by atoms with E-state index in [9.17, 15) is 14.4 Å². The zero-order chi connectivity index (χ0) is 10.9. The number of carbonyl (C=O) groups is 3. The molecule has 0 unspecified atom stereocenters. The number of halogens is 2. The van der Waals surface area contributed by atoms with E-state index >= 15 is 0 Å². The molecule has 1 aliphatic carbocycles. The van der Waals surface area contributed by atoms with E-state index in [1.165, 1.54) is 0 Å². The van der Waals surface area contributed by atoms with Gasteiger partial charge in [0.05, 0.1) is 0 Å². The third kappa shape index (κ3) is 2.15. The van der Waals surface area contributed by atoms with Gasteiger partial charge in [0.25, 0.3) is 0 Å². The average Bonchev–Trinajstić information content (AvgIpc) is 2.01. The van der Waals surface area contributed by atoms with E-state index in [0.29, 0.717) is 6.29 Å². The van der Waals surface area contributed by atoms with Crippen LogP contribution in [0.4, 0.5) is 0 Å². The fraction of sp³-hybridized carbons (Fsp3) is 0.667. The Kier molecular flexibility index (Phi) is 3.32. The highest BCUT2D eigenvalue weighted by Crippen LogP contribution is 2.35. The molecule has 1 saturated carbocycles. The van der Waals surface area contributed by atoms with Crippen LogP contribution in [-0.4, -0.2) is 22.7 Å². The van der Waals surface area contributed by atoms with E-state index < -0.39 is 16.2 Å². The Morgan fingerprint density at radius 1 is 1.36 bits per heavy atom. The highest BCUT2D eigenvalue weighted by Gasteiger charge is 2.44. The maximum atomic E-state index is 11.5. The molecule has 0 atom stereocenters. The van der Waals surface area contributed by atoms with Gasteiger partial charge in [-0.25, -0.2) is 0 Å². The molecule has 1 fully saturated rings. The molecule has 1 aliphatic rings. The predicted molar refractivity (Wildman–Crippen MR) is 52.4 cm³/mol. The van der Waals surface area contributed by atoms with E-state index in [1.807, 2.05) is 0 Å². The highest BCUT2D eigenvalue weighted by molar-refractivity contribution is 6.47. The molecule has 1 rings (SSSR count). The van der Waals surface area contributed by atoms with Crippen molar-refractivity contribution in [3.63, 3.8) is 0 Å². The van der Waals surface area contributed by atoms with Gasteiger partial charge in [0.2, 0.25) is 0 Å². The summed E-state index contributed by atoms with van der Waals surface area (Å²) in [5.74, 6) is -1.64. The Morgan fingerprint density at radius 3 is 2.07 bits per heavy atom. The molecule has 0 amide bonds. The lowest BCUT2D eigenvalue weighted by molar-refractivity contribution is -0.142. The van der Waals surface area contributed by atoms with E-state index in [2.05, 4.69) is 0 Å². The SMILES string of the molecule is CC1(C=O)CC(=O)C(C(Cl)Cl)C(=O)C1. The molecule has 0 saturated heterocycles. The summed E-state index contributed by atoms with van der Waals surface area (Å²) in [7, 11) is 0. The molecular weight excluding hydrogens is 227 g/mol. The van der Waals surface area contributed by atoms with Crippen molar-refractivity contribution in [2.24, 2.45) is 11.3 Å². The smallest absolute Gasteiger partial charge is 0.147 e. The third-order valence-electron chi connectivity index (χ3n) is 2.39. The van der Waals surface area contributed by atoms with E-state index in [0.717, 1.165) is 0 Å². The molecule has 14 heavy (non-hydrogen) atoms. The van der Waals surface area contributed by atoms with Crippen LogP contribution in [0.15, 0.2) is 0 Å². The first kappa shape index (κ1) is 11.7. The molecule has 0 radical (unpaired) electrons. The number of alkyl halides is 2. The molecule has 0 aromatic heterocycles. The molecule has 0 aromatic rings. The van der Waals surface area contributed by atoms with Crippen LogP contribution in [0.25, 0.3) is 0 Å². The number of hydrogen-bond acceptors (Lipinski definition) is 3. The first-order valence-corrected chi connectivity index (χ1v) is 5.07. The number of Topliss-reactive ketones (excluding diaryl/α,β-unsaturated/α-hetero) is 2. The van der Waals surface area contributed by atoms with Gasteiger partial charge in [0, 0.05) is 18.3 Å². The summed E-state index contributed by atoms with van der Waals surface area (Å²) in [6.07, 6.45) is 0.738. The highest BCUT2D eigenvalue weighted by atomic mass is 35.5. The van der Waals surface area contributed by atoms with E-state index in [4.69, 9.17) is 23.2 Å². The number of aldehydes is 1. The lowest BCUT2D eigenvalue weighted by Crippen LogP contribution is -2.42. The zero-order valence-electron chi connectivity index (χ0n) is 7.63. The van der Waals surface area contributed by atoms with Crippen molar-refractivity contribution < 1.29 is 14.4 Å². The fourth-order valence-corrected chi connectivity index (χ4v) is 2.18. The van der Waals surface area contributed by atoms with Gasteiger partial charge < -0.3 is 4.79 Å². The van der Waals surface area contributed by atoms with Crippen molar-refractivity contribution in [2.75, 3.05) is 0 Å². The minimum Gasteiger partial charge on any atom is -0.303 e. The van der Waals surface area contributed by atoms with Gasteiger partial charge in [-0.3, -0.25) is 9.59 Å². The van der Waals surface area contributed by atoms with Crippen LogP contribution in [0, 0.1) is 11.3 Å². The molecule has 0 heterocycles. The van der Waals surface area contributed by atoms with Crippen molar-refractivity contribution in [1.29, 1.82) is 0 Å². The summed E-state index contributed by atoms with van der Waals surface area (Å²) in [4.78, 5) is 32.6. The average molecular weight is 237 g/mol. The molecule has 0 spiro atoms. The maximum absolute atomic E-state index is 11.5. The minimum atomic E-state index is -1.01. The van der Waals surface area contributed by atoms with Crippen molar-refractivity contribution in [3.05, 3.63) is 0 Å². The Bertz CT molecular complexity index is 268. The van der Waals surface area contributed by atoms with Gasteiger partial charge >= 0.3 is 0 Å². The van der Waals surface area contributed by atoms with Gasteiger partial charge in [-0.2, -0.15) is 0 Å². The molecule has 0 N–H and O–H groups in total. The fourth-order valence-electron chi connectivity index (χ4n) is 1.62. The number of rotatable bonds is 2. The standard InChI is InChI=1S/C9H10Cl2O3/c1-9(4-12)2-5(13)7(8(10)11)6(14)3-9/h4,7-8H,2-3H2,1H3. The number of ketones is 2. The van der Waals surface area contributed by atoms with Gasteiger partial charge in [0.1, 0.15) is 28.6 Å². The lowest BCUT2D eigenvalue weighted by atomic mass is 9.71. The molecule has 3 nitrogen and oxygen atoms in total. The van der Waals surface area contributed by atoms with Gasteiger partial charge in [0.15, 0.2) is 0 Å². The second-order valence-corrected chi connectivity index (χ2v) is 5.03. The van der Waals surface area contributed by atoms with Crippen LogP contribution in [-0.2, 0) is 14.4 Å². The topological polar surface area (TPSA) is 51.2 Å². The molecule has 0 aliphatic heterocycles. The largest absolute Gasteiger partial charge is 0.303 e. The van der Waals surface area contributed by atoms with Gasteiger partial charge in [-0.1, -0.05) is 6.92 Å². The first-order chi connectivity index (χ1) is 6.39. The molecular formula is C9H10Cl2O3. The van der Waals surface area contributed by atoms with Crippen molar-refractivity contribution in [1.82, 2.24) is 0 Å². The first-order valence-electron chi connectivity index (χ1n) is 4.19. The Hall–Kier alpha value is -0.410. The quantitative estimate of drug-likeness (QED) is 0.416. The summed E-state index contributed by atoms with van der Waals surface area (Å²) < 4.78 is 0. The molecule has 78 valence electrons. The van der Waals surface area contributed by atoms with Crippen LogP contribution in [0.2, 0.25) is 0 Å². The van der Waals surface area contributed by atoms with E-state index in [-0.39, 0.29) is 24.4 Å². The number of carbonyl (C=O) groups excluding carboxylic acids is 3. The third-order valence-corrected chi connectivity index (χ3v) is 2.89. The molecule has 5 heteroatoms. The zero-order valence-corrected chi connectivity index (χ0v) is 9.14. The second-order valence-electron chi connectivity index (χ2n) is 3.87. The summed E-state index contributed by atoms with van der Waals surface area (Å²) >= 11 is 11.0. The van der Waals surface area contributed by atoms with Crippen molar-refractivity contribution in [2.45, 2.75) is 24.6 Å². The molecule has 0 aromatic carbocycles. The van der Waals surface area contributed by atoms with Crippen LogP contribution in [0.3, 0.4) is 0 Å². The Morgan fingerprint density at radius 2 is 1.79 bits per heavy atom. The summed E-state index contributed by atoms with van der Waals surface area (Å²) in [5.41, 5.74) is -0.868. The van der Waals surface area contributed by atoms with Crippen LogP contribution in [0.5, 0.6) is 0 Å². The summed E-state index contributed by atoms with van der Waals surface area (Å²) in [5, 5.41) is 0. The predicted octanol–water partition coefficient (Wildman–Crippen LogP) is 1.54. The van der Waals surface area contributed by atoms with Crippen LogP contribution in [0.1, 0.15) is 19.8 Å². The normalized spacial score (nSPS) is 33.6. The minimum absolute atomic E-state index is 0.0445. The van der Waals surface area contributed by atoms with Gasteiger partial charge in [-0.15, -0.1) is 23.2 Å². The van der Waals surface area contributed by atoms with E-state index in [1.54, 1.807) is 6.92 Å². The Labute approximate surface area is 91.7 Å². The summed E-state index contributed by atoms with van der Waals surface area (Å²) in [6, 6.07) is 0. The summed E-state index contributed by atoms with van der Waals surface area (Å²) in [6.45, 7) is 1.59. The molecule has 0 bridgehead atoms. The number of hydrogen-bond donors (Lipinski definition) is 0. The van der Waals surface area contributed by atoms with Crippen molar-refractivity contribution in [3.8, 4) is 0 Å². The lowest BCUT2D eigenvalue weighted by Gasteiger charge is -2.30. The van der Waals surface area contributed by atoms with Crippen LogP contribution < -0.4 is 0 Å². The maximum Gasteiger partial charge on any atom is 0.147 e. The van der Waals surface area contributed by atoms with Crippen molar-refractivity contribution >= 4 is 41.1 Å². The monoisotopic (exact) mass is 236 g/mol.